The molecule has 4 rings (SSSR count). The second-order valence-corrected chi connectivity index (χ2v) is 7.73. The molecule has 0 unspecified atom stereocenters. The molecular formula is C26H23FN2O3. The van der Waals surface area contributed by atoms with Crippen LogP contribution in [-0.4, -0.2) is 23.8 Å². The monoisotopic (exact) mass is 430 g/mol. The molecule has 5 nitrogen and oxygen atoms in total. The zero-order valence-corrected chi connectivity index (χ0v) is 18.1. The molecule has 3 aromatic carbocycles. The highest BCUT2D eigenvalue weighted by atomic mass is 19.1. The highest BCUT2D eigenvalue weighted by molar-refractivity contribution is 6.36. The molecule has 162 valence electrons. The lowest BCUT2D eigenvalue weighted by atomic mass is 10.0. The van der Waals surface area contributed by atoms with Crippen LogP contribution in [0.1, 0.15) is 22.3 Å². The third-order valence-corrected chi connectivity index (χ3v) is 5.41. The zero-order chi connectivity index (χ0) is 22.8. The highest BCUT2D eigenvalue weighted by Crippen LogP contribution is 2.34. The summed E-state index contributed by atoms with van der Waals surface area (Å²) in [6.45, 7) is 3.71. The van der Waals surface area contributed by atoms with E-state index in [1.165, 1.54) is 13.2 Å². The molecule has 0 radical (unpaired) electrons. The molecule has 0 aliphatic carbocycles. The Hall–Kier alpha value is -3.93. The summed E-state index contributed by atoms with van der Waals surface area (Å²) >= 11 is 0. The van der Waals surface area contributed by atoms with Crippen molar-refractivity contribution in [3.05, 3.63) is 100 Å². The quantitative estimate of drug-likeness (QED) is 0.569. The van der Waals surface area contributed by atoms with Gasteiger partial charge in [0.15, 0.2) is 0 Å². The van der Waals surface area contributed by atoms with Crippen LogP contribution in [0.25, 0.3) is 5.57 Å². The molecule has 0 saturated carbocycles. The topological polar surface area (TPSA) is 58.6 Å². The number of rotatable bonds is 6. The van der Waals surface area contributed by atoms with Crippen LogP contribution in [0, 0.1) is 19.7 Å². The number of imide groups is 1. The van der Waals surface area contributed by atoms with Crippen molar-refractivity contribution in [2.75, 3.05) is 12.4 Å². The van der Waals surface area contributed by atoms with Crippen LogP contribution in [0.3, 0.4) is 0 Å². The molecule has 0 atom stereocenters. The molecule has 0 saturated heterocycles. The van der Waals surface area contributed by atoms with E-state index in [0.29, 0.717) is 17.0 Å². The van der Waals surface area contributed by atoms with Gasteiger partial charge in [-0.1, -0.05) is 54.1 Å². The number of carbonyl (C=O) groups is 2. The number of amides is 2. The second-order valence-electron chi connectivity index (χ2n) is 7.73. The van der Waals surface area contributed by atoms with Gasteiger partial charge in [0.1, 0.15) is 17.3 Å². The molecule has 0 bridgehead atoms. The van der Waals surface area contributed by atoms with Gasteiger partial charge in [0.05, 0.1) is 24.9 Å². The number of aryl methyl sites for hydroxylation is 2. The Morgan fingerprint density at radius 2 is 1.59 bits per heavy atom. The summed E-state index contributed by atoms with van der Waals surface area (Å²) in [4.78, 5) is 27.9. The van der Waals surface area contributed by atoms with Gasteiger partial charge in [-0.15, -0.1) is 0 Å². The molecule has 0 fully saturated rings. The third kappa shape index (κ3) is 3.99. The molecule has 0 aromatic heterocycles. The first-order valence-corrected chi connectivity index (χ1v) is 10.2. The Kier molecular flexibility index (Phi) is 5.77. The smallest absolute Gasteiger partial charge is 0.278 e. The molecule has 32 heavy (non-hydrogen) atoms. The van der Waals surface area contributed by atoms with Crippen molar-refractivity contribution in [3.8, 4) is 5.75 Å². The lowest BCUT2D eigenvalue weighted by molar-refractivity contribution is -0.137. The number of nitrogens with zero attached hydrogens (tertiary/aromatic N) is 1. The fourth-order valence-corrected chi connectivity index (χ4v) is 3.67. The van der Waals surface area contributed by atoms with Crippen molar-refractivity contribution in [3.63, 3.8) is 0 Å². The molecule has 6 heteroatoms. The molecule has 1 N–H and O–H groups in total. The Labute approximate surface area is 186 Å². The lowest BCUT2D eigenvalue weighted by Crippen LogP contribution is -2.32. The van der Waals surface area contributed by atoms with E-state index in [1.54, 1.807) is 36.4 Å². The minimum atomic E-state index is -0.516. The number of benzene rings is 3. The minimum Gasteiger partial charge on any atom is -0.495 e. The van der Waals surface area contributed by atoms with Crippen molar-refractivity contribution >= 4 is 23.1 Å². The largest absolute Gasteiger partial charge is 0.495 e. The number of nitrogens with one attached hydrogen (secondary N) is 1. The van der Waals surface area contributed by atoms with Crippen molar-refractivity contribution < 1.29 is 18.7 Å². The number of hydrogen-bond acceptors (Lipinski definition) is 4. The van der Waals surface area contributed by atoms with Crippen LogP contribution in [0.4, 0.5) is 10.1 Å². The Morgan fingerprint density at radius 3 is 2.28 bits per heavy atom. The van der Waals surface area contributed by atoms with Crippen molar-refractivity contribution in [2.45, 2.75) is 20.4 Å². The van der Waals surface area contributed by atoms with Gasteiger partial charge in [-0.3, -0.25) is 14.5 Å². The summed E-state index contributed by atoms with van der Waals surface area (Å²) in [7, 11) is 1.54. The van der Waals surface area contributed by atoms with Gasteiger partial charge in [-0.25, -0.2) is 4.39 Å². The van der Waals surface area contributed by atoms with Crippen LogP contribution >= 0.6 is 0 Å². The van der Waals surface area contributed by atoms with E-state index in [2.05, 4.69) is 5.32 Å². The average Bonchev–Trinajstić information content (AvgIpc) is 3.00. The maximum Gasteiger partial charge on any atom is 0.278 e. The summed E-state index contributed by atoms with van der Waals surface area (Å²) in [5.74, 6) is -0.917. The van der Waals surface area contributed by atoms with Crippen LogP contribution < -0.4 is 10.1 Å². The standard InChI is InChI=1S/C26H23FN2O3/c1-16-8-11-18(12-9-16)23-24(28-21-14-17(2)10-13-22(21)32-3)26(31)29(25(23)30)15-19-6-4-5-7-20(19)27/h4-14,28H,15H2,1-3H3. The predicted molar refractivity (Wildman–Crippen MR) is 121 cm³/mol. The van der Waals surface area contributed by atoms with E-state index in [4.69, 9.17) is 4.74 Å². The van der Waals surface area contributed by atoms with Gasteiger partial charge >= 0.3 is 0 Å². The maximum atomic E-state index is 14.3. The van der Waals surface area contributed by atoms with E-state index in [-0.39, 0.29) is 23.4 Å². The first-order valence-electron chi connectivity index (χ1n) is 10.2. The maximum absolute atomic E-state index is 14.3. The first-order chi connectivity index (χ1) is 15.4. The Bertz CT molecular complexity index is 1230. The summed E-state index contributed by atoms with van der Waals surface area (Å²) in [6.07, 6.45) is 0. The SMILES string of the molecule is COc1ccc(C)cc1NC1=C(c2ccc(C)cc2)C(=O)N(Cc2ccccc2F)C1=O. The Balaban J connectivity index is 1.79. The van der Waals surface area contributed by atoms with Crippen LogP contribution in [-0.2, 0) is 16.1 Å². The van der Waals surface area contributed by atoms with Gasteiger partial charge in [-0.2, -0.15) is 0 Å². The molecule has 1 heterocycles. The summed E-state index contributed by atoms with van der Waals surface area (Å²) in [5.41, 5.74) is 3.83. The lowest BCUT2D eigenvalue weighted by Gasteiger charge is -2.16. The number of ether oxygens (including phenoxy) is 1. The van der Waals surface area contributed by atoms with Crippen LogP contribution in [0.15, 0.2) is 72.4 Å². The van der Waals surface area contributed by atoms with Gasteiger partial charge in [0.25, 0.3) is 11.8 Å². The van der Waals surface area contributed by atoms with Gasteiger partial charge < -0.3 is 10.1 Å². The molecule has 1 aliphatic heterocycles. The van der Waals surface area contributed by atoms with Gasteiger partial charge in [0.2, 0.25) is 0 Å². The summed E-state index contributed by atoms with van der Waals surface area (Å²) in [6, 6.07) is 19.0. The average molecular weight is 430 g/mol. The second kappa shape index (κ2) is 8.67. The van der Waals surface area contributed by atoms with Crippen molar-refractivity contribution in [2.24, 2.45) is 0 Å². The van der Waals surface area contributed by atoms with Gasteiger partial charge in [-0.05, 0) is 43.2 Å². The number of anilines is 1. The normalized spacial score (nSPS) is 13.7. The van der Waals surface area contributed by atoms with Crippen molar-refractivity contribution in [1.29, 1.82) is 0 Å². The summed E-state index contributed by atoms with van der Waals surface area (Å²) < 4.78 is 19.7. The third-order valence-electron chi connectivity index (χ3n) is 5.41. The molecular weight excluding hydrogens is 407 g/mol. The molecule has 1 aliphatic rings. The van der Waals surface area contributed by atoms with E-state index >= 15 is 0 Å². The van der Waals surface area contributed by atoms with Crippen LogP contribution in [0.2, 0.25) is 0 Å². The van der Waals surface area contributed by atoms with E-state index in [9.17, 15) is 14.0 Å². The fraction of sp³-hybridized carbons (Fsp3) is 0.154. The number of halogens is 1. The zero-order valence-electron chi connectivity index (χ0n) is 18.1. The van der Waals surface area contributed by atoms with E-state index < -0.39 is 17.6 Å². The highest BCUT2D eigenvalue weighted by Gasteiger charge is 2.39. The van der Waals surface area contributed by atoms with Crippen molar-refractivity contribution in [1.82, 2.24) is 4.90 Å². The fourth-order valence-electron chi connectivity index (χ4n) is 3.67. The molecule has 3 aromatic rings. The van der Waals surface area contributed by atoms with E-state index in [0.717, 1.165) is 16.0 Å². The number of methoxy groups -OCH3 is 1. The summed E-state index contributed by atoms with van der Waals surface area (Å²) in [5, 5.41) is 3.12. The van der Waals surface area contributed by atoms with E-state index in [1.807, 2.05) is 38.1 Å². The predicted octanol–water partition coefficient (Wildman–Crippen LogP) is 4.84. The molecule has 0 spiro atoms. The molecule has 2 amide bonds. The van der Waals surface area contributed by atoms with Gasteiger partial charge in [0, 0.05) is 5.56 Å². The van der Waals surface area contributed by atoms with Crippen LogP contribution in [0.5, 0.6) is 5.75 Å². The first kappa shape index (κ1) is 21.3. The number of hydrogen-bond donors (Lipinski definition) is 1. The number of carbonyl (C=O) groups excluding carboxylic acids is 2. The Morgan fingerprint density at radius 1 is 0.906 bits per heavy atom. The minimum absolute atomic E-state index is 0.138.